The molecule has 2 atom stereocenters. The van der Waals surface area contributed by atoms with Crippen molar-refractivity contribution in [1.82, 2.24) is 5.43 Å². The van der Waals surface area contributed by atoms with Gasteiger partial charge in [0.05, 0.1) is 12.1 Å². The van der Waals surface area contributed by atoms with Gasteiger partial charge in [0.15, 0.2) is 11.6 Å². The molecule has 1 saturated carbocycles. The highest BCUT2D eigenvalue weighted by Gasteiger charge is 2.37. The monoisotopic (exact) mass is 242 g/mol. The highest BCUT2D eigenvalue weighted by Crippen LogP contribution is 2.39. The van der Waals surface area contributed by atoms with Gasteiger partial charge >= 0.3 is 0 Å². The van der Waals surface area contributed by atoms with Crippen LogP contribution in [0.15, 0.2) is 18.2 Å². The van der Waals surface area contributed by atoms with E-state index in [2.05, 4.69) is 5.43 Å². The van der Waals surface area contributed by atoms with Gasteiger partial charge in [-0.1, -0.05) is 6.07 Å². The van der Waals surface area contributed by atoms with E-state index in [1.807, 2.05) is 0 Å². The zero-order valence-corrected chi connectivity index (χ0v) is 9.62. The summed E-state index contributed by atoms with van der Waals surface area (Å²) in [5, 5.41) is 0. The summed E-state index contributed by atoms with van der Waals surface area (Å²) in [6, 6.07) is 3.47. The van der Waals surface area contributed by atoms with Crippen LogP contribution in [0.1, 0.15) is 24.4 Å². The number of rotatable bonds is 5. The van der Waals surface area contributed by atoms with Crippen molar-refractivity contribution in [2.75, 3.05) is 7.11 Å². The minimum absolute atomic E-state index is 0.107. The second-order valence-corrected chi connectivity index (χ2v) is 4.36. The molecule has 1 aliphatic rings. The molecular formula is C12H16F2N2O. The summed E-state index contributed by atoms with van der Waals surface area (Å²) in [5.41, 5.74) is 3.23. The van der Waals surface area contributed by atoms with Crippen molar-refractivity contribution in [2.24, 2.45) is 11.8 Å². The Morgan fingerprint density at radius 3 is 2.53 bits per heavy atom. The lowest BCUT2D eigenvalue weighted by atomic mass is 9.98. The Kier molecular flexibility index (Phi) is 3.71. The highest BCUT2D eigenvalue weighted by molar-refractivity contribution is 5.23. The molecule has 0 spiro atoms. The maximum absolute atomic E-state index is 13.2. The van der Waals surface area contributed by atoms with Crippen molar-refractivity contribution in [1.29, 1.82) is 0 Å². The summed E-state index contributed by atoms with van der Waals surface area (Å²) in [6.45, 7) is 0. The third-order valence-corrected chi connectivity index (χ3v) is 3.17. The topological polar surface area (TPSA) is 47.3 Å². The van der Waals surface area contributed by atoms with Gasteiger partial charge < -0.3 is 4.74 Å². The predicted octanol–water partition coefficient (Wildman–Crippen LogP) is 1.89. The smallest absolute Gasteiger partial charge is 0.159 e. The first-order valence-electron chi connectivity index (χ1n) is 5.61. The van der Waals surface area contributed by atoms with Crippen molar-refractivity contribution < 1.29 is 13.5 Å². The number of hydrogen-bond donors (Lipinski definition) is 2. The van der Waals surface area contributed by atoms with Crippen molar-refractivity contribution in [3.8, 4) is 0 Å². The Morgan fingerprint density at radius 1 is 1.35 bits per heavy atom. The predicted molar refractivity (Wildman–Crippen MR) is 59.9 cm³/mol. The van der Waals surface area contributed by atoms with Gasteiger partial charge in [0.1, 0.15) is 0 Å². The van der Waals surface area contributed by atoms with Gasteiger partial charge in [0, 0.05) is 7.11 Å². The molecule has 2 unspecified atom stereocenters. The van der Waals surface area contributed by atoms with Crippen molar-refractivity contribution >= 4 is 0 Å². The van der Waals surface area contributed by atoms with Gasteiger partial charge in [-0.05, 0) is 36.5 Å². The van der Waals surface area contributed by atoms with E-state index >= 15 is 0 Å². The van der Waals surface area contributed by atoms with Crippen LogP contribution in [0.25, 0.3) is 0 Å². The summed E-state index contributed by atoms with van der Waals surface area (Å²) in [7, 11) is 1.60. The summed E-state index contributed by atoms with van der Waals surface area (Å²) < 4.78 is 31.4. The molecule has 5 heteroatoms. The molecule has 94 valence electrons. The number of methoxy groups -OCH3 is 1. The van der Waals surface area contributed by atoms with Crippen LogP contribution in [0.2, 0.25) is 0 Å². The molecule has 17 heavy (non-hydrogen) atoms. The maximum Gasteiger partial charge on any atom is 0.159 e. The van der Waals surface area contributed by atoms with E-state index in [0.717, 1.165) is 25.0 Å². The molecule has 0 bridgehead atoms. The molecule has 1 aromatic carbocycles. The Balaban J connectivity index is 2.23. The second kappa shape index (κ2) is 5.08. The van der Waals surface area contributed by atoms with Gasteiger partial charge in [-0.15, -0.1) is 0 Å². The number of nitrogens with one attached hydrogen (secondary N) is 1. The average molecular weight is 242 g/mol. The molecule has 0 aliphatic heterocycles. The fourth-order valence-corrected chi connectivity index (χ4v) is 2.11. The Hall–Kier alpha value is -1.04. The summed E-state index contributed by atoms with van der Waals surface area (Å²) >= 11 is 0. The van der Waals surface area contributed by atoms with Crippen LogP contribution in [0.4, 0.5) is 8.78 Å². The standard InChI is InChI=1S/C12H16F2N2O/c1-17-12(7-2-3-7)11(16-15)8-4-5-9(13)10(14)6-8/h4-7,11-12,16H,2-3,15H2,1H3. The number of hydrazine groups is 1. The van der Waals surface area contributed by atoms with Gasteiger partial charge in [-0.2, -0.15) is 0 Å². The van der Waals surface area contributed by atoms with E-state index < -0.39 is 11.6 Å². The number of nitrogens with two attached hydrogens (primary N) is 1. The minimum atomic E-state index is -0.867. The van der Waals surface area contributed by atoms with E-state index in [4.69, 9.17) is 10.6 Å². The molecule has 1 fully saturated rings. The molecule has 0 heterocycles. The largest absolute Gasteiger partial charge is 0.379 e. The Bertz CT molecular complexity index is 396. The molecule has 1 aliphatic carbocycles. The molecule has 3 nitrogen and oxygen atoms in total. The third kappa shape index (κ3) is 2.62. The average Bonchev–Trinajstić information content (AvgIpc) is 3.14. The molecule has 0 radical (unpaired) electrons. The first kappa shape index (κ1) is 12.4. The maximum atomic E-state index is 13.2. The molecule has 2 rings (SSSR count). The van der Waals surface area contributed by atoms with Crippen LogP contribution >= 0.6 is 0 Å². The zero-order chi connectivity index (χ0) is 12.4. The van der Waals surface area contributed by atoms with Gasteiger partial charge in [-0.3, -0.25) is 11.3 Å². The molecule has 0 saturated heterocycles. The van der Waals surface area contributed by atoms with Crippen molar-refractivity contribution in [3.05, 3.63) is 35.4 Å². The summed E-state index contributed by atoms with van der Waals surface area (Å²) in [6.07, 6.45) is 2.06. The number of benzene rings is 1. The second-order valence-electron chi connectivity index (χ2n) is 4.36. The molecule has 0 amide bonds. The van der Waals surface area contributed by atoms with Crippen molar-refractivity contribution in [2.45, 2.75) is 25.0 Å². The SMILES string of the molecule is COC(C1CC1)C(NN)c1ccc(F)c(F)c1. The lowest BCUT2D eigenvalue weighted by molar-refractivity contribution is 0.0505. The fraction of sp³-hybridized carbons (Fsp3) is 0.500. The van der Waals surface area contributed by atoms with E-state index in [9.17, 15) is 8.78 Å². The van der Waals surface area contributed by atoms with Gasteiger partial charge in [0.25, 0.3) is 0 Å². The molecular weight excluding hydrogens is 226 g/mol. The van der Waals surface area contributed by atoms with Crippen LogP contribution in [0.5, 0.6) is 0 Å². The summed E-state index contributed by atoms with van der Waals surface area (Å²) in [5.74, 6) is 4.20. The van der Waals surface area contributed by atoms with E-state index in [1.165, 1.54) is 6.07 Å². The number of hydrogen-bond acceptors (Lipinski definition) is 3. The normalized spacial score (nSPS) is 19.1. The first-order valence-corrected chi connectivity index (χ1v) is 5.61. The Labute approximate surface area is 98.9 Å². The lowest BCUT2D eigenvalue weighted by Crippen LogP contribution is -2.38. The Morgan fingerprint density at radius 2 is 2.06 bits per heavy atom. The number of ether oxygens (including phenoxy) is 1. The van der Waals surface area contributed by atoms with Gasteiger partial charge in [-0.25, -0.2) is 8.78 Å². The minimum Gasteiger partial charge on any atom is -0.379 e. The molecule has 0 aromatic heterocycles. The van der Waals surface area contributed by atoms with Crippen LogP contribution in [0.3, 0.4) is 0 Å². The van der Waals surface area contributed by atoms with Crippen LogP contribution < -0.4 is 11.3 Å². The molecule has 3 N–H and O–H groups in total. The first-order chi connectivity index (χ1) is 8.17. The zero-order valence-electron chi connectivity index (χ0n) is 9.62. The number of halogens is 2. The van der Waals surface area contributed by atoms with Gasteiger partial charge in [0.2, 0.25) is 0 Å². The van der Waals surface area contributed by atoms with E-state index in [-0.39, 0.29) is 12.1 Å². The quantitative estimate of drug-likeness (QED) is 0.612. The highest BCUT2D eigenvalue weighted by atomic mass is 19.2. The third-order valence-electron chi connectivity index (χ3n) is 3.17. The van der Waals surface area contributed by atoms with Crippen molar-refractivity contribution in [3.63, 3.8) is 0 Å². The summed E-state index contributed by atoms with van der Waals surface area (Å²) in [4.78, 5) is 0. The fourth-order valence-electron chi connectivity index (χ4n) is 2.11. The van der Waals surface area contributed by atoms with E-state index in [1.54, 1.807) is 7.11 Å². The van der Waals surface area contributed by atoms with Crippen LogP contribution in [0, 0.1) is 17.6 Å². The lowest BCUT2D eigenvalue weighted by Gasteiger charge is -2.25. The van der Waals surface area contributed by atoms with E-state index in [0.29, 0.717) is 11.5 Å². The molecule has 1 aromatic rings. The van der Waals surface area contributed by atoms with Crippen LogP contribution in [-0.4, -0.2) is 13.2 Å². The van der Waals surface area contributed by atoms with Crippen LogP contribution in [-0.2, 0) is 4.74 Å².